The second-order valence-corrected chi connectivity index (χ2v) is 6.68. The zero-order valence-electron chi connectivity index (χ0n) is 16.4. The van der Waals surface area contributed by atoms with E-state index in [4.69, 9.17) is 9.15 Å². The van der Waals surface area contributed by atoms with E-state index in [-0.39, 0.29) is 18.6 Å². The summed E-state index contributed by atoms with van der Waals surface area (Å²) in [7, 11) is 1.64. The fourth-order valence-electron chi connectivity index (χ4n) is 3.10. The van der Waals surface area contributed by atoms with Gasteiger partial charge in [-0.15, -0.1) is 0 Å². The van der Waals surface area contributed by atoms with E-state index in [1.54, 1.807) is 25.5 Å². The Morgan fingerprint density at radius 3 is 2.62 bits per heavy atom. The standard InChI is InChI=1S/C23H26N2O4/c1-28-20-9-7-18(8-10-20)22(11-12-26)24-15-17-4-2-5-19(14-17)23(27)25-16-21-6-3-13-29-21/h2-10,13-14,22,24,26H,11-12,15-16H2,1H3,(H,25,27). The molecule has 0 aliphatic heterocycles. The van der Waals surface area contributed by atoms with Gasteiger partial charge < -0.3 is 24.9 Å². The highest BCUT2D eigenvalue weighted by atomic mass is 16.5. The average molecular weight is 394 g/mol. The predicted molar refractivity (Wildman–Crippen MR) is 111 cm³/mol. The molecule has 1 amide bonds. The van der Waals surface area contributed by atoms with Gasteiger partial charge in [0.25, 0.3) is 5.91 Å². The molecule has 6 nitrogen and oxygen atoms in total. The van der Waals surface area contributed by atoms with Crippen molar-refractivity contribution in [2.24, 2.45) is 0 Å². The maximum absolute atomic E-state index is 12.4. The van der Waals surface area contributed by atoms with E-state index in [1.807, 2.05) is 48.5 Å². The van der Waals surface area contributed by atoms with Crippen molar-refractivity contribution in [3.63, 3.8) is 0 Å². The first kappa shape index (κ1) is 20.6. The lowest BCUT2D eigenvalue weighted by atomic mass is 10.0. The summed E-state index contributed by atoms with van der Waals surface area (Å²) in [5.41, 5.74) is 2.67. The molecular formula is C23H26N2O4. The van der Waals surface area contributed by atoms with Crippen LogP contribution < -0.4 is 15.4 Å². The van der Waals surface area contributed by atoms with Crippen LogP contribution in [0.25, 0.3) is 0 Å². The highest BCUT2D eigenvalue weighted by molar-refractivity contribution is 5.94. The molecule has 29 heavy (non-hydrogen) atoms. The molecular weight excluding hydrogens is 368 g/mol. The van der Waals surface area contributed by atoms with Crippen LogP contribution in [0.2, 0.25) is 0 Å². The Labute approximate surface area is 170 Å². The third-order valence-corrected chi connectivity index (χ3v) is 4.68. The molecule has 1 aromatic heterocycles. The first-order chi connectivity index (χ1) is 14.2. The van der Waals surface area contributed by atoms with Gasteiger partial charge in [0.15, 0.2) is 0 Å². The number of hydrogen-bond donors (Lipinski definition) is 3. The topological polar surface area (TPSA) is 83.7 Å². The molecule has 0 spiro atoms. The van der Waals surface area contributed by atoms with Crippen LogP contribution in [0, 0.1) is 0 Å². The largest absolute Gasteiger partial charge is 0.497 e. The molecule has 3 rings (SSSR count). The zero-order valence-corrected chi connectivity index (χ0v) is 16.4. The average Bonchev–Trinajstić information content (AvgIpc) is 3.29. The fourth-order valence-corrected chi connectivity index (χ4v) is 3.10. The summed E-state index contributed by atoms with van der Waals surface area (Å²) in [6.07, 6.45) is 2.18. The quantitative estimate of drug-likeness (QED) is 0.491. The Hall–Kier alpha value is -3.09. The molecule has 3 N–H and O–H groups in total. The molecule has 0 radical (unpaired) electrons. The number of hydrogen-bond acceptors (Lipinski definition) is 5. The number of methoxy groups -OCH3 is 1. The molecule has 3 aromatic rings. The van der Waals surface area contributed by atoms with E-state index in [9.17, 15) is 9.90 Å². The molecule has 0 saturated carbocycles. The summed E-state index contributed by atoms with van der Waals surface area (Å²) >= 11 is 0. The van der Waals surface area contributed by atoms with Gasteiger partial charge in [0, 0.05) is 24.8 Å². The number of nitrogens with one attached hydrogen (secondary N) is 2. The van der Waals surface area contributed by atoms with Crippen molar-refractivity contribution in [2.45, 2.75) is 25.6 Å². The highest BCUT2D eigenvalue weighted by Gasteiger charge is 2.12. The lowest BCUT2D eigenvalue weighted by Crippen LogP contribution is -2.24. The van der Waals surface area contributed by atoms with Crippen molar-refractivity contribution in [1.82, 2.24) is 10.6 Å². The van der Waals surface area contributed by atoms with Crippen LogP contribution in [-0.2, 0) is 13.1 Å². The number of carbonyl (C=O) groups excluding carboxylic acids is 1. The van der Waals surface area contributed by atoms with Crippen molar-refractivity contribution in [1.29, 1.82) is 0 Å². The van der Waals surface area contributed by atoms with E-state index in [2.05, 4.69) is 10.6 Å². The van der Waals surface area contributed by atoms with Gasteiger partial charge in [0.05, 0.1) is 19.9 Å². The number of benzene rings is 2. The summed E-state index contributed by atoms with van der Waals surface area (Å²) < 4.78 is 10.4. The van der Waals surface area contributed by atoms with Crippen LogP contribution in [0.3, 0.4) is 0 Å². The van der Waals surface area contributed by atoms with E-state index in [0.717, 1.165) is 16.9 Å². The molecule has 0 saturated heterocycles. The zero-order chi connectivity index (χ0) is 20.5. The maximum Gasteiger partial charge on any atom is 0.251 e. The normalized spacial score (nSPS) is 11.8. The van der Waals surface area contributed by atoms with Crippen molar-refractivity contribution in [2.75, 3.05) is 13.7 Å². The van der Waals surface area contributed by atoms with Crippen LogP contribution >= 0.6 is 0 Å². The van der Waals surface area contributed by atoms with Gasteiger partial charge in [-0.2, -0.15) is 0 Å². The molecule has 6 heteroatoms. The van der Waals surface area contributed by atoms with E-state index < -0.39 is 0 Å². The summed E-state index contributed by atoms with van der Waals surface area (Å²) in [5, 5.41) is 15.7. The molecule has 0 bridgehead atoms. The van der Waals surface area contributed by atoms with Gasteiger partial charge >= 0.3 is 0 Å². The second kappa shape index (κ2) is 10.5. The predicted octanol–water partition coefficient (Wildman–Crippen LogP) is 3.43. The van der Waals surface area contributed by atoms with Gasteiger partial charge in [-0.25, -0.2) is 0 Å². The Morgan fingerprint density at radius 2 is 1.93 bits per heavy atom. The number of ether oxygens (including phenoxy) is 1. The monoisotopic (exact) mass is 394 g/mol. The molecule has 0 aliphatic rings. The first-order valence-electron chi connectivity index (χ1n) is 9.57. The minimum absolute atomic E-state index is 0.00217. The highest BCUT2D eigenvalue weighted by Crippen LogP contribution is 2.21. The Bertz CT molecular complexity index is 892. The molecule has 0 fully saturated rings. The minimum atomic E-state index is -0.148. The Kier molecular flexibility index (Phi) is 7.44. The van der Waals surface area contributed by atoms with Crippen molar-refractivity contribution in [3.05, 3.63) is 89.4 Å². The smallest absolute Gasteiger partial charge is 0.251 e. The summed E-state index contributed by atoms with van der Waals surface area (Å²) in [4.78, 5) is 12.4. The van der Waals surface area contributed by atoms with Crippen LogP contribution in [0.15, 0.2) is 71.3 Å². The van der Waals surface area contributed by atoms with Crippen molar-refractivity contribution < 1.29 is 19.1 Å². The molecule has 1 heterocycles. The van der Waals surface area contributed by atoms with Gasteiger partial charge in [-0.1, -0.05) is 24.3 Å². The lowest BCUT2D eigenvalue weighted by molar-refractivity contribution is 0.0948. The van der Waals surface area contributed by atoms with Crippen molar-refractivity contribution in [3.8, 4) is 5.75 Å². The number of furan rings is 1. The minimum Gasteiger partial charge on any atom is -0.497 e. The van der Waals surface area contributed by atoms with Crippen LogP contribution in [-0.4, -0.2) is 24.7 Å². The van der Waals surface area contributed by atoms with Gasteiger partial charge in [0.1, 0.15) is 11.5 Å². The van der Waals surface area contributed by atoms with E-state index in [0.29, 0.717) is 30.8 Å². The number of aliphatic hydroxyl groups excluding tert-OH is 1. The van der Waals surface area contributed by atoms with Crippen LogP contribution in [0.4, 0.5) is 0 Å². The van der Waals surface area contributed by atoms with Crippen LogP contribution in [0.5, 0.6) is 5.75 Å². The lowest BCUT2D eigenvalue weighted by Gasteiger charge is -2.19. The van der Waals surface area contributed by atoms with Gasteiger partial charge in [-0.3, -0.25) is 4.79 Å². The summed E-state index contributed by atoms with van der Waals surface area (Å²) in [5.74, 6) is 1.36. The number of rotatable bonds is 10. The second-order valence-electron chi connectivity index (χ2n) is 6.68. The molecule has 2 aromatic carbocycles. The number of aliphatic hydroxyl groups is 1. The van der Waals surface area contributed by atoms with Gasteiger partial charge in [0.2, 0.25) is 0 Å². The Balaban J connectivity index is 1.60. The van der Waals surface area contributed by atoms with E-state index in [1.165, 1.54) is 0 Å². The molecule has 0 aliphatic carbocycles. The van der Waals surface area contributed by atoms with Crippen molar-refractivity contribution >= 4 is 5.91 Å². The molecule has 1 unspecified atom stereocenters. The SMILES string of the molecule is COc1ccc(C(CCO)NCc2cccc(C(=O)NCc3ccco3)c2)cc1. The third-order valence-electron chi connectivity index (χ3n) is 4.68. The number of amides is 1. The summed E-state index contributed by atoms with van der Waals surface area (Å²) in [6, 6.07) is 18.9. The summed E-state index contributed by atoms with van der Waals surface area (Å²) in [6.45, 7) is 1.01. The third kappa shape index (κ3) is 5.94. The fraction of sp³-hybridized carbons (Fsp3) is 0.261. The number of carbonyl (C=O) groups is 1. The maximum atomic E-state index is 12.4. The van der Waals surface area contributed by atoms with Crippen LogP contribution in [0.1, 0.15) is 39.7 Å². The first-order valence-corrected chi connectivity index (χ1v) is 9.57. The van der Waals surface area contributed by atoms with Gasteiger partial charge in [-0.05, 0) is 53.9 Å². The molecule has 152 valence electrons. The molecule has 1 atom stereocenters. The van der Waals surface area contributed by atoms with E-state index >= 15 is 0 Å². The Morgan fingerprint density at radius 1 is 1.10 bits per heavy atom.